The smallest absolute Gasteiger partial charge is 0.262 e. The highest BCUT2D eigenvalue weighted by atomic mass is 32.1. The molecule has 2 aromatic rings. The fourth-order valence-corrected chi connectivity index (χ4v) is 3.26. The first kappa shape index (κ1) is 16.5. The molecule has 0 spiro atoms. The largest absolute Gasteiger partial charge is 0.482 e. The third-order valence-corrected chi connectivity index (χ3v) is 4.91. The number of nitrogens with one attached hydrogen (secondary N) is 1. The van der Waals surface area contributed by atoms with E-state index < -0.39 is 0 Å². The molecule has 3 rings (SSSR count). The number of ether oxygens (including phenoxy) is 1. The maximum atomic E-state index is 13.0. The van der Waals surface area contributed by atoms with Crippen molar-refractivity contribution < 1.29 is 14.3 Å². The molecule has 0 saturated carbocycles. The van der Waals surface area contributed by atoms with Crippen molar-refractivity contribution in [3.63, 3.8) is 0 Å². The zero-order chi connectivity index (χ0) is 17.1. The second-order valence-electron chi connectivity index (χ2n) is 5.87. The Labute approximate surface area is 145 Å². The van der Waals surface area contributed by atoms with Gasteiger partial charge in [-0.1, -0.05) is 6.92 Å². The van der Waals surface area contributed by atoms with E-state index in [1.165, 1.54) is 0 Å². The Kier molecular flexibility index (Phi) is 4.85. The van der Waals surface area contributed by atoms with Gasteiger partial charge >= 0.3 is 0 Å². The summed E-state index contributed by atoms with van der Waals surface area (Å²) in [7, 11) is 0. The number of benzene rings is 1. The first-order valence-corrected chi connectivity index (χ1v) is 8.91. The van der Waals surface area contributed by atoms with Gasteiger partial charge in [0, 0.05) is 18.2 Å². The predicted octanol–water partition coefficient (Wildman–Crippen LogP) is 3.52. The van der Waals surface area contributed by atoms with Crippen LogP contribution >= 0.6 is 11.3 Å². The minimum absolute atomic E-state index is 0.0192. The van der Waals surface area contributed by atoms with Gasteiger partial charge in [0.2, 0.25) is 0 Å². The van der Waals surface area contributed by atoms with E-state index in [1.807, 2.05) is 16.3 Å². The highest BCUT2D eigenvalue weighted by Crippen LogP contribution is 2.29. The van der Waals surface area contributed by atoms with E-state index in [2.05, 4.69) is 24.5 Å². The van der Waals surface area contributed by atoms with Gasteiger partial charge in [-0.25, -0.2) is 0 Å². The molecule has 0 aliphatic carbocycles. The summed E-state index contributed by atoms with van der Waals surface area (Å²) in [6, 6.07) is 7.34. The third kappa shape index (κ3) is 3.43. The van der Waals surface area contributed by atoms with Gasteiger partial charge < -0.3 is 15.0 Å². The van der Waals surface area contributed by atoms with Crippen LogP contribution in [-0.2, 0) is 11.3 Å². The molecular formula is C18H20N2O3S. The fraction of sp³-hybridized carbons (Fsp3) is 0.333. The van der Waals surface area contributed by atoms with Crippen molar-refractivity contribution in [2.45, 2.75) is 32.9 Å². The van der Waals surface area contributed by atoms with Gasteiger partial charge in [-0.05, 0) is 53.9 Å². The summed E-state index contributed by atoms with van der Waals surface area (Å²) in [4.78, 5) is 26.2. The zero-order valence-corrected chi connectivity index (χ0v) is 14.6. The quantitative estimate of drug-likeness (QED) is 0.903. The Balaban J connectivity index is 1.85. The highest BCUT2D eigenvalue weighted by molar-refractivity contribution is 7.07. The molecule has 6 heteroatoms. The Hall–Kier alpha value is -2.34. The van der Waals surface area contributed by atoms with Crippen LogP contribution in [0.25, 0.3) is 0 Å². The number of rotatable bonds is 5. The molecule has 1 aromatic carbocycles. The summed E-state index contributed by atoms with van der Waals surface area (Å²) in [5.41, 5.74) is 2.31. The van der Waals surface area contributed by atoms with Crippen LogP contribution in [0.3, 0.4) is 0 Å². The minimum Gasteiger partial charge on any atom is -0.482 e. The van der Waals surface area contributed by atoms with Gasteiger partial charge in [0.1, 0.15) is 5.75 Å². The lowest BCUT2D eigenvalue weighted by Crippen LogP contribution is -2.37. The van der Waals surface area contributed by atoms with Crippen LogP contribution in [0.15, 0.2) is 35.0 Å². The van der Waals surface area contributed by atoms with E-state index in [4.69, 9.17) is 4.74 Å². The Morgan fingerprint density at radius 2 is 2.25 bits per heavy atom. The van der Waals surface area contributed by atoms with Crippen LogP contribution in [0.4, 0.5) is 5.69 Å². The number of fused-ring (bicyclic) bond motifs is 1. The van der Waals surface area contributed by atoms with Crippen LogP contribution in [0.1, 0.15) is 36.2 Å². The van der Waals surface area contributed by atoms with Gasteiger partial charge in [-0.3, -0.25) is 9.59 Å². The highest BCUT2D eigenvalue weighted by Gasteiger charge is 2.23. The van der Waals surface area contributed by atoms with Crippen molar-refractivity contribution in [2.75, 3.05) is 11.9 Å². The molecule has 0 bridgehead atoms. The van der Waals surface area contributed by atoms with E-state index in [1.54, 1.807) is 29.5 Å². The Bertz CT molecular complexity index is 743. The molecule has 126 valence electrons. The number of carbonyl (C=O) groups is 2. The van der Waals surface area contributed by atoms with Crippen LogP contribution in [0.5, 0.6) is 5.75 Å². The maximum Gasteiger partial charge on any atom is 0.262 e. The summed E-state index contributed by atoms with van der Waals surface area (Å²) >= 11 is 1.63. The van der Waals surface area contributed by atoms with Gasteiger partial charge in [0.15, 0.2) is 6.61 Å². The molecule has 0 radical (unpaired) electrons. The van der Waals surface area contributed by atoms with Crippen molar-refractivity contribution in [1.29, 1.82) is 0 Å². The van der Waals surface area contributed by atoms with E-state index in [0.717, 1.165) is 12.0 Å². The van der Waals surface area contributed by atoms with E-state index in [0.29, 0.717) is 23.5 Å². The SMILES string of the molecule is CCC(C)N(Cc1ccsc1)C(=O)c1ccc2c(c1)OCC(=O)N2. The monoisotopic (exact) mass is 344 g/mol. The number of carbonyl (C=O) groups excluding carboxylic acids is 2. The number of nitrogens with zero attached hydrogens (tertiary/aromatic N) is 1. The molecular weight excluding hydrogens is 324 g/mol. The number of amides is 2. The van der Waals surface area contributed by atoms with Crippen molar-refractivity contribution in [2.24, 2.45) is 0 Å². The summed E-state index contributed by atoms with van der Waals surface area (Å²) in [5.74, 6) is 0.333. The lowest BCUT2D eigenvalue weighted by Gasteiger charge is -2.29. The fourth-order valence-electron chi connectivity index (χ4n) is 2.60. The lowest BCUT2D eigenvalue weighted by atomic mass is 10.1. The minimum atomic E-state index is -0.180. The summed E-state index contributed by atoms with van der Waals surface area (Å²) in [6.45, 7) is 4.70. The van der Waals surface area contributed by atoms with Crippen molar-refractivity contribution in [3.8, 4) is 5.75 Å². The molecule has 1 atom stereocenters. The molecule has 1 aromatic heterocycles. The molecule has 0 fully saturated rings. The average molecular weight is 344 g/mol. The molecule has 1 aliphatic heterocycles. The number of anilines is 1. The van der Waals surface area contributed by atoms with E-state index >= 15 is 0 Å². The first-order valence-electron chi connectivity index (χ1n) is 7.97. The molecule has 24 heavy (non-hydrogen) atoms. The Morgan fingerprint density at radius 1 is 1.42 bits per heavy atom. The van der Waals surface area contributed by atoms with Crippen LogP contribution in [0, 0.1) is 0 Å². The maximum absolute atomic E-state index is 13.0. The number of thiophene rings is 1. The third-order valence-electron chi connectivity index (χ3n) is 4.18. The summed E-state index contributed by atoms with van der Waals surface area (Å²) < 4.78 is 5.42. The Morgan fingerprint density at radius 3 is 2.96 bits per heavy atom. The normalized spacial score (nSPS) is 14.3. The van der Waals surface area contributed by atoms with Gasteiger partial charge in [-0.2, -0.15) is 11.3 Å². The molecule has 1 unspecified atom stereocenters. The van der Waals surface area contributed by atoms with Crippen LogP contribution < -0.4 is 10.1 Å². The summed E-state index contributed by atoms with van der Waals surface area (Å²) in [6.07, 6.45) is 0.882. The topological polar surface area (TPSA) is 58.6 Å². The van der Waals surface area contributed by atoms with Gasteiger partial charge in [-0.15, -0.1) is 0 Å². The summed E-state index contributed by atoms with van der Waals surface area (Å²) in [5, 5.41) is 6.82. The first-order chi connectivity index (χ1) is 11.6. The van der Waals surface area contributed by atoms with Gasteiger partial charge in [0.25, 0.3) is 11.8 Å². The van der Waals surface area contributed by atoms with Crippen LogP contribution in [-0.4, -0.2) is 29.4 Å². The average Bonchev–Trinajstić information content (AvgIpc) is 3.11. The van der Waals surface area contributed by atoms with Crippen molar-refractivity contribution in [3.05, 3.63) is 46.2 Å². The predicted molar refractivity (Wildman–Crippen MR) is 94.5 cm³/mol. The van der Waals surface area contributed by atoms with Crippen molar-refractivity contribution >= 4 is 28.8 Å². The lowest BCUT2D eigenvalue weighted by molar-refractivity contribution is -0.118. The molecule has 2 amide bonds. The van der Waals surface area contributed by atoms with Gasteiger partial charge in [0.05, 0.1) is 5.69 Å². The second-order valence-corrected chi connectivity index (χ2v) is 6.65. The van der Waals surface area contributed by atoms with Crippen molar-refractivity contribution in [1.82, 2.24) is 4.90 Å². The van der Waals surface area contributed by atoms with E-state index in [-0.39, 0.29) is 24.5 Å². The zero-order valence-electron chi connectivity index (χ0n) is 13.7. The molecule has 0 saturated heterocycles. The van der Waals surface area contributed by atoms with E-state index in [9.17, 15) is 9.59 Å². The van der Waals surface area contributed by atoms with Crippen LogP contribution in [0.2, 0.25) is 0 Å². The molecule has 1 N–H and O–H groups in total. The standard InChI is InChI=1S/C18H20N2O3S/c1-3-12(2)20(9-13-6-7-24-11-13)18(22)14-4-5-15-16(8-14)23-10-17(21)19-15/h4-8,11-12H,3,9-10H2,1-2H3,(H,19,21). The molecule has 2 heterocycles. The molecule has 1 aliphatic rings. The molecule has 5 nitrogen and oxygen atoms in total. The second kappa shape index (κ2) is 7.05. The number of hydrogen-bond acceptors (Lipinski definition) is 4. The number of hydrogen-bond donors (Lipinski definition) is 1.